The molecule has 0 aliphatic carbocycles. The number of hydrogen-bond acceptors (Lipinski definition) is 3. The summed E-state index contributed by atoms with van der Waals surface area (Å²) in [6, 6.07) is 17.3. The van der Waals surface area contributed by atoms with Crippen molar-refractivity contribution in [3.63, 3.8) is 0 Å². The summed E-state index contributed by atoms with van der Waals surface area (Å²) in [5, 5.41) is 8.22. The van der Waals surface area contributed by atoms with Crippen LogP contribution in [0.3, 0.4) is 0 Å². The molecular weight excluding hydrogens is 319 g/mol. The number of nitrogens with one attached hydrogen (secondary N) is 2. The predicted octanol–water partition coefficient (Wildman–Crippen LogP) is 3.96. The van der Waals surface area contributed by atoms with Crippen LogP contribution in [0.5, 0.6) is 5.75 Å². The lowest BCUT2D eigenvalue weighted by Crippen LogP contribution is -2.12. The maximum Gasteiger partial charge on any atom is 0.229 e. The standard InChI is InChI=1S/C20H17FN2O2/c21-17-7-8-18(16-12-19(24)23-20(16)17)25-10-9-22-15-6-5-13-3-1-2-4-14(13)11-15/h1-8,11,22H,9-10,12H2,(H,23,24). The highest BCUT2D eigenvalue weighted by Crippen LogP contribution is 2.34. The normalized spacial score (nSPS) is 12.8. The zero-order chi connectivity index (χ0) is 17.2. The molecule has 25 heavy (non-hydrogen) atoms. The number of carbonyl (C=O) groups is 1. The molecule has 0 unspecified atom stereocenters. The van der Waals surface area contributed by atoms with Crippen LogP contribution in [0.1, 0.15) is 5.56 Å². The Hall–Kier alpha value is -3.08. The fourth-order valence-corrected chi connectivity index (χ4v) is 3.05. The maximum atomic E-state index is 13.7. The molecule has 0 saturated carbocycles. The van der Waals surface area contributed by atoms with Crippen molar-refractivity contribution in [2.45, 2.75) is 6.42 Å². The highest BCUT2D eigenvalue weighted by atomic mass is 19.1. The van der Waals surface area contributed by atoms with Gasteiger partial charge in [-0.05, 0) is 35.0 Å². The minimum absolute atomic E-state index is 0.153. The van der Waals surface area contributed by atoms with Crippen LogP contribution < -0.4 is 15.4 Å². The largest absolute Gasteiger partial charge is 0.491 e. The molecule has 0 atom stereocenters. The summed E-state index contributed by atoms with van der Waals surface area (Å²) in [6.45, 7) is 1.02. The van der Waals surface area contributed by atoms with Crippen molar-refractivity contribution in [2.24, 2.45) is 0 Å². The molecule has 0 spiro atoms. The first-order valence-corrected chi connectivity index (χ1v) is 8.17. The summed E-state index contributed by atoms with van der Waals surface area (Å²) >= 11 is 0. The molecule has 1 aliphatic rings. The zero-order valence-electron chi connectivity index (χ0n) is 13.5. The fourth-order valence-electron chi connectivity index (χ4n) is 3.05. The molecule has 0 bridgehead atoms. The lowest BCUT2D eigenvalue weighted by atomic mass is 10.1. The minimum Gasteiger partial charge on any atom is -0.491 e. The second kappa shape index (κ2) is 6.43. The number of fused-ring (bicyclic) bond motifs is 2. The first-order chi connectivity index (χ1) is 12.2. The number of amides is 1. The van der Waals surface area contributed by atoms with Gasteiger partial charge in [-0.2, -0.15) is 0 Å². The average Bonchev–Trinajstić information content (AvgIpc) is 3.03. The summed E-state index contributed by atoms with van der Waals surface area (Å²) in [6.07, 6.45) is 0.153. The van der Waals surface area contributed by atoms with Gasteiger partial charge in [0.15, 0.2) is 0 Å². The Morgan fingerprint density at radius 2 is 1.92 bits per heavy atom. The van der Waals surface area contributed by atoms with E-state index in [9.17, 15) is 9.18 Å². The molecule has 0 radical (unpaired) electrons. The Morgan fingerprint density at radius 1 is 1.08 bits per heavy atom. The lowest BCUT2D eigenvalue weighted by molar-refractivity contribution is -0.115. The Bertz CT molecular complexity index is 956. The van der Waals surface area contributed by atoms with Crippen LogP contribution in [0.25, 0.3) is 10.8 Å². The SMILES string of the molecule is O=C1Cc2c(OCCNc3ccc4ccccc4c3)ccc(F)c2N1. The van der Waals surface area contributed by atoms with Gasteiger partial charge in [0.25, 0.3) is 0 Å². The van der Waals surface area contributed by atoms with Crippen LogP contribution in [-0.4, -0.2) is 19.1 Å². The van der Waals surface area contributed by atoms with E-state index in [0.717, 1.165) is 5.69 Å². The summed E-state index contributed by atoms with van der Waals surface area (Å²) in [5.41, 5.74) is 1.85. The first-order valence-electron chi connectivity index (χ1n) is 8.17. The van der Waals surface area contributed by atoms with Gasteiger partial charge >= 0.3 is 0 Å². The third kappa shape index (κ3) is 3.13. The molecular formula is C20H17FN2O2. The highest BCUT2D eigenvalue weighted by molar-refractivity contribution is 6.00. The molecule has 0 fully saturated rings. The van der Waals surface area contributed by atoms with Gasteiger partial charge in [-0.1, -0.05) is 30.3 Å². The number of benzene rings is 3. The van der Waals surface area contributed by atoms with Gasteiger partial charge in [-0.3, -0.25) is 4.79 Å². The molecule has 2 N–H and O–H groups in total. The number of rotatable bonds is 5. The van der Waals surface area contributed by atoms with E-state index >= 15 is 0 Å². The van der Waals surface area contributed by atoms with Crippen molar-refractivity contribution < 1.29 is 13.9 Å². The third-order valence-electron chi connectivity index (χ3n) is 4.26. The van der Waals surface area contributed by atoms with Crippen LogP contribution in [-0.2, 0) is 11.2 Å². The topological polar surface area (TPSA) is 50.4 Å². The predicted molar refractivity (Wildman–Crippen MR) is 96.7 cm³/mol. The van der Waals surface area contributed by atoms with Crippen molar-refractivity contribution in [3.8, 4) is 5.75 Å². The van der Waals surface area contributed by atoms with Gasteiger partial charge in [-0.15, -0.1) is 0 Å². The van der Waals surface area contributed by atoms with Gasteiger partial charge in [0.05, 0.1) is 12.1 Å². The Morgan fingerprint density at radius 3 is 2.80 bits per heavy atom. The summed E-state index contributed by atoms with van der Waals surface area (Å²) in [4.78, 5) is 11.5. The van der Waals surface area contributed by atoms with E-state index in [1.807, 2.05) is 18.2 Å². The van der Waals surface area contributed by atoms with E-state index in [0.29, 0.717) is 24.5 Å². The molecule has 5 heteroatoms. The van der Waals surface area contributed by atoms with Crippen LogP contribution >= 0.6 is 0 Å². The van der Waals surface area contributed by atoms with Gasteiger partial charge in [0.1, 0.15) is 18.2 Å². The highest BCUT2D eigenvalue weighted by Gasteiger charge is 2.24. The Kier molecular flexibility index (Phi) is 3.98. The van der Waals surface area contributed by atoms with Gasteiger partial charge in [0, 0.05) is 17.8 Å². The quantitative estimate of drug-likeness (QED) is 0.693. The number of anilines is 2. The molecule has 4 nitrogen and oxygen atoms in total. The van der Waals surface area contributed by atoms with Crippen molar-refractivity contribution in [1.82, 2.24) is 0 Å². The van der Waals surface area contributed by atoms with Crippen LogP contribution in [0.2, 0.25) is 0 Å². The molecule has 1 heterocycles. The lowest BCUT2D eigenvalue weighted by Gasteiger charge is -2.12. The van der Waals surface area contributed by atoms with E-state index < -0.39 is 5.82 Å². The van der Waals surface area contributed by atoms with Crippen LogP contribution in [0.4, 0.5) is 15.8 Å². The van der Waals surface area contributed by atoms with Crippen LogP contribution in [0.15, 0.2) is 54.6 Å². The van der Waals surface area contributed by atoms with Crippen molar-refractivity contribution in [3.05, 3.63) is 66.0 Å². The van der Waals surface area contributed by atoms with Crippen molar-refractivity contribution in [2.75, 3.05) is 23.8 Å². The van der Waals surface area contributed by atoms with Gasteiger partial charge < -0.3 is 15.4 Å². The number of ether oxygens (including phenoxy) is 1. The van der Waals surface area contributed by atoms with Gasteiger partial charge in [0.2, 0.25) is 5.91 Å². The Labute approximate surface area is 144 Å². The molecule has 0 saturated heterocycles. The third-order valence-corrected chi connectivity index (χ3v) is 4.26. The average molecular weight is 336 g/mol. The summed E-state index contributed by atoms with van der Waals surface area (Å²) < 4.78 is 19.4. The molecule has 3 aromatic rings. The number of carbonyl (C=O) groups excluding carboxylic acids is 1. The molecule has 4 rings (SSSR count). The van der Waals surface area contributed by atoms with E-state index in [1.54, 1.807) is 6.07 Å². The second-order valence-electron chi connectivity index (χ2n) is 5.96. The number of halogens is 1. The van der Waals surface area contributed by atoms with Gasteiger partial charge in [-0.25, -0.2) is 4.39 Å². The Balaban J connectivity index is 1.38. The zero-order valence-corrected chi connectivity index (χ0v) is 13.5. The molecule has 1 aliphatic heterocycles. The summed E-state index contributed by atoms with van der Waals surface area (Å²) in [5.74, 6) is -0.0863. The first kappa shape index (κ1) is 15.4. The molecule has 1 amide bonds. The fraction of sp³-hybridized carbons (Fsp3) is 0.150. The maximum absolute atomic E-state index is 13.7. The smallest absolute Gasteiger partial charge is 0.229 e. The number of hydrogen-bond donors (Lipinski definition) is 2. The van der Waals surface area contributed by atoms with E-state index in [1.165, 1.54) is 16.8 Å². The van der Waals surface area contributed by atoms with Crippen LogP contribution in [0, 0.1) is 5.82 Å². The van der Waals surface area contributed by atoms with Crippen molar-refractivity contribution in [1.29, 1.82) is 0 Å². The summed E-state index contributed by atoms with van der Waals surface area (Å²) in [7, 11) is 0. The van der Waals surface area contributed by atoms with E-state index in [4.69, 9.17) is 4.74 Å². The van der Waals surface area contributed by atoms with E-state index in [-0.39, 0.29) is 18.0 Å². The molecule has 0 aromatic heterocycles. The second-order valence-corrected chi connectivity index (χ2v) is 5.96. The molecule has 126 valence electrons. The van der Waals surface area contributed by atoms with E-state index in [2.05, 4.69) is 34.9 Å². The molecule has 3 aromatic carbocycles. The van der Waals surface area contributed by atoms with Crippen molar-refractivity contribution >= 4 is 28.1 Å². The monoisotopic (exact) mass is 336 g/mol. The minimum atomic E-state index is -0.428.